The summed E-state index contributed by atoms with van der Waals surface area (Å²) in [4.78, 5) is 35.8. The summed E-state index contributed by atoms with van der Waals surface area (Å²) < 4.78 is 20.6. The van der Waals surface area contributed by atoms with E-state index in [1.165, 1.54) is 25.3 Å². The van der Waals surface area contributed by atoms with Gasteiger partial charge in [0.25, 0.3) is 11.8 Å². The van der Waals surface area contributed by atoms with Gasteiger partial charge in [-0.3, -0.25) is 20.4 Å². The topological polar surface area (TPSA) is 132 Å². The summed E-state index contributed by atoms with van der Waals surface area (Å²) in [5.74, 6) is -1.38. The summed E-state index contributed by atoms with van der Waals surface area (Å²) in [5.41, 5.74) is 4.15. The molecule has 2 amide bonds. The van der Waals surface area contributed by atoms with Crippen molar-refractivity contribution in [1.29, 1.82) is 0 Å². The number of phenols is 1. The Morgan fingerprint density at radius 2 is 1.90 bits per heavy atom. The third-order valence-corrected chi connectivity index (χ3v) is 3.89. The molecule has 2 aromatic carbocycles. The third kappa shape index (κ3) is 4.86. The van der Waals surface area contributed by atoms with Crippen LogP contribution in [0.1, 0.15) is 10.4 Å². The average molecular weight is 402 g/mol. The molecule has 2 aromatic rings. The standard InChI is InChI=1S/C19H18N2O8/c1-26-11-6-7-12(13(22)8-11)19(25)28-10-17(23)20-21-18(24)16-9-27-14-4-2-3-5-15(14)29-16/h2-8,16,22H,9-10H2,1H3,(H,20,23)(H,21,24)/t16-/m1/s1. The van der Waals surface area contributed by atoms with E-state index >= 15 is 0 Å². The summed E-state index contributed by atoms with van der Waals surface area (Å²) in [6.45, 7) is -0.695. The van der Waals surface area contributed by atoms with Gasteiger partial charge in [0, 0.05) is 6.07 Å². The summed E-state index contributed by atoms with van der Waals surface area (Å²) in [6.07, 6.45) is -0.955. The van der Waals surface area contributed by atoms with E-state index in [-0.39, 0.29) is 17.9 Å². The second-order valence-corrected chi connectivity index (χ2v) is 5.86. The molecule has 10 heteroatoms. The fourth-order valence-electron chi connectivity index (χ4n) is 2.42. The van der Waals surface area contributed by atoms with Crippen LogP contribution in [0.4, 0.5) is 0 Å². The lowest BCUT2D eigenvalue weighted by molar-refractivity contribution is -0.135. The predicted octanol–water partition coefficient (Wildman–Crippen LogP) is 0.545. The zero-order valence-electron chi connectivity index (χ0n) is 15.3. The first kappa shape index (κ1) is 19.8. The molecule has 0 bridgehead atoms. The van der Waals surface area contributed by atoms with Crippen LogP contribution in [0.2, 0.25) is 0 Å². The quantitative estimate of drug-likeness (QED) is 0.488. The average Bonchev–Trinajstić information content (AvgIpc) is 2.75. The van der Waals surface area contributed by atoms with Crippen molar-refractivity contribution < 1.29 is 38.4 Å². The van der Waals surface area contributed by atoms with E-state index < -0.39 is 30.5 Å². The molecule has 0 saturated heterocycles. The van der Waals surface area contributed by atoms with Gasteiger partial charge in [0.2, 0.25) is 6.10 Å². The largest absolute Gasteiger partial charge is 0.507 e. The molecule has 0 aromatic heterocycles. The molecule has 29 heavy (non-hydrogen) atoms. The van der Waals surface area contributed by atoms with Gasteiger partial charge in [0.05, 0.1) is 7.11 Å². The number of carbonyl (C=O) groups excluding carboxylic acids is 3. The molecule has 0 aliphatic carbocycles. The van der Waals surface area contributed by atoms with Crippen molar-refractivity contribution in [3.05, 3.63) is 48.0 Å². The molecular weight excluding hydrogens is 384 g/mol. The molecule has 1 heterocycles. The zero-order chi connectivity index (χ0) is 20.8. The van der Waals surface area contributed by atoms with Gasteiger partial charge in [-0.1, -0.05) is 12.1 Å². The minimum absolute atomic E-state index is 0.0234. The fourth-order valence-corrected chi connectivity index (χ4v) is 2.42. The first-order chi connectivity index (χ1) is 14.0. The molecule has 3 N–H and O–H groups in total. The van der Waals surface area contributed by atoms with Gasteiger partial charge in [-0.05, 0) is 24.3 Å². The maximum Gasteiger partial charge on any atom is 0.342 e. The minimum Gasteiger partial charge on any atom is -0.507 e. The number of nitrogens with one attached hydrogen (secondary N) is 2. The van der Waals surface area contributed by atoms with Crippen LogP contribution >= 0.6 is 0 Å². The van der Waals surface area contributed by atoms with Crippen LogP contribution in [-0.4, -0.2) is 49.3 Å². The Kier molecular flexibility index (Phi) is 6.03. The number of hydrogen-bond acceptors (Lipinski definition) is 8. The highest BCUT2D eigenvalue weighted by molar-refractivity contribution is 5.94. The number of rotatable bonds is 5. The van der Waals surface area contributed by atoms with Gasteiger partial charge in [-0.25, -0.2) is 4.79 Å². The van der Waals surface area contributed by atoms with Gasteiger partial charge in [0.15, 0.2) is 18.1 Å². The second-order valence-electron chi connectivity index (χ2n) is 5.86. The number of benzene rings is 2. The van der Waals surface area contributed by atoms with Crippen LogP contribution in [0.25, 0.3) is 0 Å². The third-order valence-electron chi connectivity index (χ3n) is 3.89. The molecular formula is C19H18N2O8. The Morgan fingerprint density at radius 1 is 1.14 bits per heavy atom. The van der Waals surface area contributed by atoms with E-state index in [9.17, 15) is 19.5 Å². The van der Waals surface area contributed by atoms with Crippen LogP contribution in [0.15, 0.2) is 42.5 Å². The summed E-state index contributed by atoms with van der Waals surface area (Å²) in [7, 11) is 1.41. The lowest BCUT2D eigenvalue weighted by Crippen LogP contribution is -2.51. The number of phenolic OH excluding ortho intramolecular Hbond substituents is 1. The van der Waals surface area contributed by atoms with E-state index in [1.54, 1.807) is 24.3 Å². The number of carbonyl (C=O) groups is 3. The number of methoxy groups -OCH3 is 1. The van der Waals surface area contributed by atoms with Crippen LogP contribution in [0.3, 0.4) is 0 Å². The van der Waals surface area contributed by atoms with Crippen LogP contribution in [-0.2, 0) is 14.3 Å². The van der Waals surface area contributed by atoms with E-state index in [1.807, 2.05) is 0 Å². The molecule has 1 aliphatic rings. The van der Waals surface area contributed by atoms with Crippen molar-refractivity contribution in [1.82, 2.24) is 10.9 Å². The monoisotopic (exact) mass is 402 g/mol. The van der Waals surface area contributed by atoms with Gasteiger partial charge in [-0.15, -0.1) is 0 Å². The number of esters is 1. The zero-order valence-corrected chi connectivity index (χ0v) is 15.3. The molecule has 152 valence electrons. The van der Waals surface area contributed by atoms with Crippen molar-refractivity contribution in [2.75, 3.05) is 20.3 Å². The number of hydrogen-bond donors (Lipinski definition) is 3. The van der Waals surface area contributed by atoms with E-state index in [0.29, 0.717) is 17.2 Å². The molecule has 3 rings (SSSR count). The van der Waals surface area contributed by atoms with Gasteiger partial charge in [0.1, 0.15) is 23.7 Å². The van der Waals surface area contributed by atoms with Crippen molar-refractivity contribution in [3.8, 4) is 23.0 Å². The minimum atomic E-state index is -0.955. The number of ether oxygens (including phenoxy) is 4. The normalized spacial score (nSPS) is 14.4. The van der Waals surface area contributed by atoms with Gasteiger partial charge in [-0.2, -0.15) is 0 Å². The summed E-state index contributed by atoms with van der Waals surface area (Å²) in [6, 6.07) is 10.9. The molecule has 0 spiro atoms. The van der Waals surface area contributed by atoms with Crippen molar-refractivity contribution in [2.45, 2.75) is 6.10 Å². The van der Waals surface area contributed by atoms with Gasteiger partial charge < -0.3 is 24.1 Å². The number of aromatic hydroxyl groups is 1. The maximum absolute atomic E-state index is 12.1. The van der Waals surface area contributed by atoms with E-state index in [0.717, 1.165) is 0 Å². The van der Waals surface area contributed by atoms with Crippen molar-refractivity contribution in [3.63, 3.8) is 0 Å². The van der Waals surface area contributed by atoms with E-state index in [2.05, 4.69) is 10.9 Å². The molecule has 1 aliphatic heterocycles. The Bertz CT molecular complexity index is 930. The summed E-state index contributed by atoms with van der Waals surface area (Å²) in [5, 5.41) is 9.78. The maximum atomic E-state index is 12.1. The number of para-hydroxylation sites is 2. The Labute approximate surface area is 165 Å². The first-order valence-corrected chi connectivity index (χ1v) is 8.49. The SMILES string of the molecule is COc1ccc(C(=O)OCC(=O)NNC(=O)[C@H]2COc3ccccc3O2)c(O)c1. The number of hydrazine groups is 1. The first-order valence-electron chi connectivity index (χ1n) is 8.49. The molecule has 1 atom stereocenters. The second kappa shape index (κ2) is 8.83. The highest BCUT2D eigenvalue weighted by Gasteiger charge is 2.27. The van der Waals surface area contributed by atoms with Crippen molar-refractivity contribution >= 4 is 17.8 Å². The van der Waals surface area contributed by atoms with Crippen LogP contribution in [0.5, 0.6) is 23.0 Å². The van der Waals surface area contributed by atoms with Gasteiger partial charge >= 0.3 is 5.97 Å². The fraction of sp³-hybridized carbons (Fsp3) is 0.211. The highest BCUT2D eigenvalue weighted by atomic mass is 16.6. The smallest absolute Gasteiger partial charge is 0.342 e. The Hall–Kier alpha value is -3.95. The lowest BCUT2D eigenvalue weighted by Gasteiger charge is -2.25. The molecule has 0 unspecified atom stereocenters. The predicted molar refractivity (Wildman–Crippen MR) is 97.6 cm³/mol. The Morgan fingerprint density at radius 3 is 2.62 bits per heavy atom. The Balaban J connectivity index is 1.44. The highest BCUT2D eigenvalue weighted by Crippen LogP contribution is 2.30. The van der Waals surface area contributed by atoms with Crippen LogP contribution < -0.4 is 25.1 Å². The number of amides is 2. The van der Waals surface area contributed by atoms with Crippen LogP contribution in [0, 0.1) is 0 Å². The molecule has 0 fully saturated rings. The lowest BCUT2D eigenvalue weighted by atomic mass is 10.2. The molecule has 10 nitrogen and oxygen atoms in total. The molecule has 0 radical (unpaired) electrons. The number of fused-ring (bicyclic) bond motifs is 1. The van der Waals surface area contributed by atoms with Crippen molar-refractivity contribution in [2.24, 2.45) is 0 Å². The summed E-state index contributed by atoms with van der Waals surface area (Å²) >= 11 is 0. The molecule has 0 saturated carbocycles. The van der Waals surface area contributed by atoms with E-state index in [4.69, 9.17) is 18.9 Å².